The maximum absolute atomic E-state index is 14.2. The Labute approximate surface area is 233 Å². The number of hydrogen-bond donors (Lipinski definition) is 2. The van der Waals surface area contributed by atoms with Gasteiger partial charge < -0.3 is 25.4 Å². The third kappa shape index (κ3) is 5.56. The number of nitrogens with two attached hydrogens (primary N) is 1. The van der Waals surface area contributed by atoms with Crippen molar-refractivity contribution in [3.8, 4) is 0 Å². The molecule has 4 aliphatic rings. The van der Waals surface area contributed by atoms with E-state index in [2.05, 4.69) is 5.32 Å². The summed E-state index contributed by atoms with van der Waals surface area (Å²) in [7, 11) is 0. The van der Waals surface area contributed by atoms with Gasteiger partial charge in [-0.2, -0.15) is 0 Å². The van der Waals surface area contributed by atoms with Crippen molar-refractivity contribution in [1.29, 1.82) is 0 Å². The topological polar surface area (TPSA) is 131 Å². The Hall–Kier alpha value is -3.47. The molecule has 0 spiro atoms. The molecule has 0 aromatic heterocycles. The number of esters is 1. The Bertz CT molecular complexity index is 1210. The van der Waals surface area contributed by atoms with Crippen LogP contribution < -0.4 is 11.1 Å². The zero-order valence-corrected chi connectivity index (χ0v) is 22.8. The van der Waals surface area contributed by atoms with Crippen LogP contribution in [0, 0.1) is 11.7 Å². The van der Waals surface area contributed by atoms with E-state index in [1.165, 1.54) is 15.9 Å². The van der Waals surface area contributed by atoms with Crippen LogP contribution in [0.25, 0.3) is 0 Å². The average molecular weight is 557 g/mol. The number of nitrogens with zero attached hydrogens (tertiary/aromatic N) is 2. The van der Waals surface area contributed by atoms with E-state index in [0.717, 1.165) is 25.7 Å². The van der Waals surface area contributed by atoms with Crippen molar-refractivity contribution >= 4 is 23.9 Å². The van der Waals surface area contributed by atoms with E-state index in [1.807, 2.05) is 12.2 Å². The molecule has 1 saturated carbocycles. The molecule has 1 saturated heterocycles. The van der Waals surface area contributed by atoms with E-state index in [4.69, 9.17) is 15.2 Å². The van der Waals surface area contributed by atoms with Crippen LogP contribution in [0.15, 0.2) is 30.4 Å². The summed E-state index contributed by atoms with van der Waals surface area (Å²) in [5, 5.41) is 2.88. The molecular weight excluding hydrogens is 519 g/mol. The first-order valence-electron chi connectivity index (χ1n) is 14.2. The lowest BCUT2D eigenvalue weighted by atomic mass is 10.1. The smallest absolute Gasteiger partial charge is 0.410 e. The Balaban J connectivity index is 1.33. The summed E-state index contributed by atoms with van der Waals surface area (Å²) in [6.45, 7) is 2.19. The van der Waals surface area contributed by atoms with Crippen molar-refractivity contribution in [2.45, 2.75) is 88.7 Å². The van der Waals surface area contributed by atoms with Crippen LogP contribution >= 0.6 is 0 Å². The lowest BCUT2D eigenvalue weighted by Gasteiger charge is -2.28. The summed E-state index contributed by atoms with van der Waals surface area (Å²) < 4.78 is 25.2. The van der Waals surface area contributed by atoms with Crippen molar-refractivity contribution in [3.63, 3.8) is 0 Å². The summed E-state index contributed by atoms with van der Waals surface area (Å²) in [5.41, 5.74) is 6.25. The van der Waals surface area contributed by atoms with E-state index in [9.17, 15) is 23.6 Å². The second-order valence-electron chi connectivity index (χ2n) is 11.1. The number of allylic oxidation sites excluding steroid dienone is 1. The first-order chi connectivity index (χ1) is 19.2. The minimum Gasteiger partial charge on any atom is -0.464 e. The summed E-state index contributed by atoms with van der Waals surface area (Å²) in [4.78, 5) is 55.8. The number of hydrogen-bond acceptors (Lipinski definition) is 7. The van der Waals surface area contributed by atoms with Crippen LogP contribution in [0.4, 0.5) is 9.18 Å². The molecule has 1 aliphatic carbocycles. The van der Waals surface area contributed by atoms with Crippen LogP contribution in [0.3, 0.4) is 0 Å². The molecule has 0 bridgehead atoms. The number of benzene rings is 1. The molecule has 11 heteroatoms. The van der Waals surface area contributed by atoms with E-state index in [0.29, 0.717) is 24.0 Å². The van der Waals surface area contributed by atoms with Crippen molar-refractivity contribution in [3.05, 3.63) is 47.3 Å². The largest absolute Gasteiger partial charge is 0.464 e. The summed E-state index contributed by atoms with van der Waals surface area (Å²) >= 11 is 0. The molecule has 3 N–H and O–H groups in total. The van der Waals surface area contributed by atoms with Crippen LogP contribution in [0.5, 0.6) is 0 Å². The minimum absolute atomic E-state index is 0.00124. The van der Waals surface area contributed by atoms with E-state index < -0.39 is 41.7 Å². The van der Waals surface area contributed by atoms with E-state index in [1.54, 1.807) is 19.1 Å². The molecule has 10 nitrogen and oxygen atoms in total. The van der Waals surface area contributed by atoms with Gasteiger partial charge in [0, 0.05) is 24.4 Å². The number of ether oxygens (including phenoxy) is 2. The van der Waals surface area contributed by atoms with Crippen molar-refractivity contribution < 1.29 is 33.0 Å². The number of halogens is 1. The van der Waals surface area contributed by atoms with E-state index in [-0.39, 0.29) is 50.3 Å². The monoisotopic (exact) mass is 556 g/mol. The fourth-order valence-corrected chi connectivity index (χ4v) is 6.01. The lowest BCUT2D eigenvalue weighted by molar-refractivity contribution is -0.150. The first kappa shape index (κ1) is 28.1. The van der Waals surface area contributed by atoms with Crippen LogP contribution in [-0.4, -0.2) is 70.6 Å². The highest BCUT2D eigenvalue weighted by Crippen LogP contribution is 2.46. The average Bonchev–Trinajstić information content (AvgIpc) is 3.24. The predicted octanol–water partition coefficient (Wildman–Crippen LogP) is 2.53. The Morgan fingerprint density at radius 1 is 1.20 bits per heavy atom. The third-order valence-electron chi connectivity index (χ3n) is 8.37. The second-order valence-corrected chi connectivity index (χ2v) is 11.1. The normalized spacial score (nSPS) is 30.4. The molecule has 0 radical (unpaired) electrons. The number of amides is 3. The molecule has 1 aromatic carbocycles. The van der Waals surface area contributed by atoms with Gasteiger partial charge in [0.05, 0.1) is 25.7 Å². The summed E-state index contributed by atoms with van der Waals surface area (Å²) in [5.74, 6) is -1.97. The molecule has 2 fully saturated rings. The second kappa shape index (κ2) is 11.6. The Morgan fingerprint density at radius 3 is 2.80 bits per heavy atom. The highest BCUT2D eigenvalue weighted by Gasteiger charge is 2.62. The lowest BCUT2D eigenvalue weighted by Crippen LogP contribution is -2.55. The van der Waals surface area contributed by atoms with E-state index >= 15 is 0 Å². The van der Waals surface area contributed by atoms with Crippen LogP contribution in [0.2, 0.25) is 0 Å². The van der Waals surface area contributed by atoms with Gasteiger partial charge in [-0.25, -0.2) is 14.0 Å². The third-order valence-corrected chi connectivity index (χ3v) is 8.37. The molecule has 3 heterocycles. The standard InChI is InChI=1S/C29H37FN4O6/c1-2-39-27(37)29-14-19(29)10-6-4-3-5-7-12-23(31)26(36)34-16-20(13-24(34)25(35)32-29)40-28(38)33-15-18-9-8-11-22(30)21(18)17-33/h6,8-11,19-20,23-24H,2-5,7,12-17,31H2,1H3,(H,32,35)/t19-,20-,23+,24+,29-/m1/s1. The Kier molecular flexibility index (Phi) is 8.11. The molecular formula is C29H37FN4O6. The predicted molar refractivity (Wildman–Crippen MR) is 142 cm³/mol. The maximum Gasteiger partial charge on any atom is 0.410 e. The quantitative estimate of drug-likeness (QED) is 0.432. The van der Waals surface area contributed by atoms with Crippen molar-refractivity contribution in [2.24, 2.45) is 11.7 Å². The fourth-order valence-electron chi connectivity index (χ4n) is 6.01. The molecule has 3 aliphatic heterocycles. The number of nitrogens with one attached hydrogen (secondary N) is 1. The summed E-state index contributed by atoms with van der Waals surface area (Å²) in [6, 6.07) is 2.96. The number of fused-ring (bicyclic) bond motifs is 3. The SMILES string of the molecule is CCOC(=O)[C@@]12C[C@H]1C=CCCCCC[C@H](N)C(=O)N1C[C@H](OC(=O)N3Cc4cccc(F)c4C3)C[C@H]1C(=O)N2. The zero-order chi connectivity index (χ0) is 28.4. The van der Waals surface area contributed by atoms with Crippen LogP contribution in [-0.2, 0) is 36.9 Å². The summed E-state index contributed by atoms with van der Waals surface area (Å²) in [6.07, 6.45) is 6.97. The molecule has 216 valence electrons. The maximum atomic E-state index is 14.2. The fraction of sp³-hybridized carbons (Fsp3) is 0.586. The highest BCUT2D eigenvalue weighted by molar-refractivity contribution is 5.96. The minimum atomic E-state index is -1.18. The first-order valence-corrected chi connectivity index (χ1v) is 14.2. The van der Waals surface area contributed by atoms with Gasteiger partial charge in [0.2, 0.25) is 11.8 Å². The van der Waals surface area contributed by atoms with Gasteiger partial charge in [0.1, 0.15) is 23.5 Å². The molecule has 5 rings (SSSR count). The molecule has 0 unspecified atom stereocenters. The zero-order valence-electron chi connectivity index (χ0n) is 22.8. The molecule has 5 atom stereocenters. The van der Waals surface area contributed by atoms with Gasteiger partial charge in [-0.1, -0.05) is 37.1 Å². The molecule has 3 amide bonds. The van der Waals surface area contributed by atoms with Gasteiger partial charge in [-0.15, -0.1) is 0 Å². The van der Waals surface area contributed by atoms with Crippen molar-refractivity contribution in [1.82, 2.24) is 15.1 Å². The Morgan fingerprint density at radius 2 is 2.02 bits per heavy atom. The van der Waals surface area contributed by atoms with Gasteiger partial charge in [-0.05, 0) is 44.2 Å². The van der Waals surface area contributed by atoms with Gasteiger partial charge in [-0.3, -0.25) is 14.5 Å². The highest BCUT2D eigenvalue weighted by atomic mass is 19.1. The van der Waals surface area contributed by atoms with Gasteiger partial charge in [0.15, 0.2) is 0 Å². The number of carbonyl (C=O) groups excluding carboxylic acids is 4. The van der Waals surface area contributed by atoms with Gasteiger partial charge in [0.25, 0.3) is 0 Å². The van der Waals surface area contributed by atoms with Crippen LogP contribution in [0.1, 0.15) is 63.0 Å². The number of carbonyl (C=O) groups is 4. The molecule has 40 heavy (non-hydrogen) atoms. The number of rotatable bonds is 3. The molecule has 1 aromatic rings. The van der Waals surface area contributed by atoms with Gasteiger partial charge >= 0.3 is 12.1 Å². The van der Waals surface area contributed by atoms with Crippen molar-refractivity contribution in [2.75, 3.05) is 13.2 Å².